The van der Waals surface area contributed by atoms with Crippen LogP contribution < -0.4 is 22.5 Å². The van der Waals surface area contributed by atoms with Gasteiger partial charge in [-0.2, -0.15) is 0 Å². The molecule has 0 heterocycles. The van der Waals surface area contributed by atoms with Gasteiger partial charge in [0, 0.05) is 5.41 Å². The predicted molar refractivity (Wildman–Crippen MR) is 69.3 cm³/mol. The summed E-state index contributed by atoms with van der Waals surface area (Å²) in [6.07, 6.45) is 0.453. The molecule has 0 saturated heterocycles. The van der Waals surface area contributed by atoms with Crippen LogP contribution in [-0.2, 0) is 19.1 Å². The minimum Gasteiger partial charge on any atom is -0.380 e. The van der Waals surface area contributed by atoms with Gasteiger partial charge in [0.05, 0.1) is 39.3 Å². The Morgan fingerprint density at radius 1 is 0.947 bits per heavy atom. The second-order valence-electron chi connectivity index (χ2n) is 4.90. The summed E-state index contributed by atoms with van der Waals surface area (Å²) in [6, 6.07) is 0. The summed E-state index contributed by atoms with van der Waals surface area (Å²) in [7, 11) is 0. The highest BCUT2D eigenvalue weighted by molar-refractivity contribution is 5.75. The van der Waals surface area contributed by atoms with Crippen LogP contribution in [0.3, 0.4) is 0 Å². The quantitative estimate of drug-likeness (QED) is 0.172. The molecule has 0 radical (unpaired) electrons. The van der Waals surface area contributed by atoms with Crippen molar-refractivity contribution in [3.63, 3.8) is 0 Å². The number of hydrogen-bond acceptors (Lipinski definition) is 6. The molecule has 8 nitrogen and oxygen atoms in total. The van der Waals surface area contributed by atoms with Crippen molar-refractivity contribution in [3.05, 3.63) is 0 Å². The van der Waals surface area contributed by atoms with Crippen molar-refractivity contribution in [2.24, 2.45) is 17.1 Å². The van der Waals surface area contributed by atoms with Crippen LogP contribution in [-0.4, -0.2) is 38.2 Å². The van der Waals surface area contributed by atoms with Gasteiger partial charge in [0.15, 0.2) is 0 Å². The maximum Gasteiger partial charge on any atom is 0.236 e. The summed E-state index contributed by atoms with van der Waals surface area (Å²) in [4.78, 5) is 21.7. The van der Waals surface area contributed by atoms with E-state index in [1.807, 2.05) is 24.7 Å². The maximum atomic E-state index is 10.9. The van der Waals surface area contributed by atoms with E-state index in [-0.39, 0.29) is 30.1 Å². The zero-order chi connectivity index (χ0) is 14.7. The van der Waals surface area contributed by atoms with Crippen molar-refractivity contribution in [1.29, 1.82) is 0 Å². The van der Waals surface area contributed by atoms with Crippen LogP contribution in [0.5, 0.6) is 0 Å². The average Bonchev–Trinajstić information content (AvgIpc) is 2.39. The van der Waals surface area contributed by atoms with Gasteiger partial charge in [-0.25, -0.2) is 11.7 Å². The molecule has 0 aromatic carbocycles. The fourth-order valence-electron chi connectivity index (χ4n) is 1.21. The highest BCUT2D eigenvalue weighted by atomic mass is 16.5. The molecule has 112 valence electrons. The predicted octanol–water partition coefficient (Wildman–Crippen LogP) is -1.19. The SMILES string of the molecule is CC(C)(COCCC(=O)NN)COCCC(=O)NN. The van der Waals surface area contributed by atoms with E-state index in [1.54, 1.807) is 0 Å². The first-order valence-electron chi connectivity index (χ1n) is 6.05. The molecule has 0 fully saturated rings. The van der Waals surface area contributed by atoms with Crippen molar-refractivity contribution < 1.29 is 19.1 Å². The fourth-order valence-corrected chi connectivity index (χ4v) is 1.21. The molecule has 0 saturated carbocycles. The number of hydrogen-bond donors (Lipinski definition) is 4. The number of hydrazine groups is 2. The van der Waals surface area contributed by atoms with Crippen molar-refractivity contribution in [1.82, 2.24) is 10.9 Å². The number of ether oxygens (including phenoxy) is 2. The highest BCUT2D eigenvalue weighted by Gasteiger charge is 2.18. The van der Waals surface area contributed by atoms with E-state index >= 15 is 0 Å². The van der Waals surface area contributed by atoms with E-state index in [4.69, 9.17) is 21.2 Å². The van der Waals surface area contributed by atoms with Crippen molar-refractivity contribution in [2.75, 3.05) is 26.4 Å². The molecule has 0 aliphatic heterocycles. The van der Waals surface area contributed by atoms with E-state index in [0.717, 1.165) is 0 Å². The summed E-state index contributed by atoms with van der Waals surface area (Å²) in [6.45, 7) is 5.46. The molecule has 2 amide bonds. The Balaban J connectivity index is 3.62. The third-order valence-electron chi connectivity index (χ3n) is 2.25. The molecular formula is C11H24N4O4. The lowest BCUT2D eigenvalue weighted by atomic mass is 9.96. The Hall–Kier alpha value is -1.22. The molecule has 0 aromatic heterocycles. The molecule has 0 atom stereocenters. The van der Waals surface area contributed by atoms with E-state index in [1.165, 1.54) is 0 Å². The minimum absolute atomic E-state index is 0.196. The Morgan fingerprint density at radius 2 is 1.32 bits per heavy atom. The Kier molecular flexibility index (Phi) is 9.06. The van der Waals surface area contributed by atoms with Crippen LogP contribution in [0.15, 0.2) is 0 Å². The number of amides is 2. The molecular weight excluding hydrogens is 252 g/mol. The molecule has 0 spiro atoms. The van der Waals surface area contributed by atoms with Crippen LogP contribution in [0.25, 0.3) is 0 Å². The standard InChI is InChI=1S/C11H24N4O4/c1-11(2,7-18-5-3-9(16)14-12)8-19-6-4-10(17)15-13/h3-8,12-13H2,1-2H3,(H,14,16)(H,15,17). The third kappa shape index (κ3) is 10.4. The van der Waals surface area contributed by atoms with Crippen molar-refractivity contribution in [3.8, 4) is 0 Å². The average molecular weight is 276 g/mol. The molecule has 19 heavy (non-hydrogen) atoms. The van der Waals surface area contributed by atoms with Crippen LogP contribution in [0.4, 0.5) is 0 Å². The van der Waals surface area contributed by atoms with Crippen molar-refractivity contribution in [2.45, 2.75) is 26.7 Å². The largest absolute Gasteiger partial charge is 0.380 e. The van der Waals surface area contributed by atoms with Gasteiger partial charge in [0.1, 0.15) is 0 Å². The Labute approximate surface area is 113 Å². The minimum atomic E-state index is -0.262. The number of carbonyl (C=O) groups excluding carboxylic acids is 2. The normalized spacial score (nSPS) is 11.2. The third-order valence-corrected chi connectivity index (χ3v) is 2.25. The van der Waals surface area contributed by atoms with Gasteiger partial charge in [-0.1, -0.05) is 13.8 Å². The topological polar surface area (TPSA) is 129 Å². The summed E-state index contributed by atoms with van der Waals surface area (Å²) < 4.78 is 10.7. The lowest BCUT2D eigenvalue weighted by Crippen LogP contribution is -2.32. The number of rotatable bonds is 10. The lowest BCUT2D eigenvalue weighted by Gasteiger charge is -2.24. The lowest BCUT2D eigenvalue weighted by molar-refractivity contribution is -0.122. The van der Waals surface area contributed by atoms with Gasteiger partial charge in [0.2, 0.25) is 11.8 Å². The molecule has 0 aliphatic carbocycles. The summed E-state index contributed by atoms with van der Waals surface area (Å²) in [5.41, 5.74) is 3.86. The summed E-state index contributed by atoms with van der Waals surface area (Å²) >= 11 is 0. The number of nitrogens with two attached hydrogens (primary N) is 2. The Bertz CT molecular complexity index is 258. The van der Waals surface area contributed by atoms with Crippen LogP contribution in [0.1, 0.15) is 26.7 Å². The van der Waals surface area contributed by atoms with Gasteiger partial charge in [0.25, 0.3) is 0 Å². The molecule has 0 aliphatic rings. The Morgan fingerprint density at radius 3 is 1.63 bits per heavy atom. The molecule has 0 rings (SSSR count). The zero-order valence-electron chi connectivity index (χ0n) is 11.5. The van der Waals surface area contributed by atoms with Crippen LogP contribution >= 0.6 is 0 Å². The first-order valence-corrected chi connectivity index (χ1v) is 6.05. The zero-order valence-corrected chi connectivity index (χ0v) is 11.5. The maximum absolute atomic E-state index is 10.9. The molecule has 8 heteroatoms. The number of carbonyl (C=O) groups is 2. The second kappa shape index (κ2) is 9.68. The molecule has 0 bridgehead atoms. The van der Waals surface area contributed by atoms with Gasteiger partial charge in [-0.05, 0) is 0 Å². The van der Waals surface area contributed by atoms with Gasteiger partial charge >= 0.3 is 0 Å². The van der Waals surface area contributed by atoms with Crippen LogP contribution in [0, 0.1) is 5.41 Å². The van der Waals surface area contributed by atoms with E-state index in [0.29, 0.717) is 26.4 Å². The van der Waals surface area contributed by atoms with Crippen LogP contribution in [0.2, 0.25) is 0 Å². The molecule has 0 aromatic rings. The molecule has 6 N–H and O–H groups in total. The second-order valence-corrected chi connectivity index (χ2v) is 4.90. The van der Waals surface area contributed by atoms with Gasteiger partial charge < -0.3 is 9.47 Å². The highest BCUT2D eigenvalue weighted by Crippen LogP contribution is 2.16. The monoisotopic (exact) mass is 276 g/mol. The first-order chi connectivity index (χ1) is 8.91. The van der Waals surface area contributed by atoms with E-state index in [2.05, 4.69) is 0 Å². The smallest absolute Gasteiger partial charge is 0.236 e. The summed E-state index contributed by atoms with van der Waals surface area (Å²) in [5.74, 6) is 9.36. The van der Waals surface area contributed by atoms with Gasteiger partial charge in [-0.15, -0.1) is 0 Å². The van der Waals surface area contributed by atoms with Gasteiger partial charge in [-0.3, -0.25) is 20.4 Å². The molecule has 0 unspecified atom stereocenters. The van der Waals surface area contributed by atoms with E-state index in [9.17, 15) is 9.59 Å². The van der Waals surface area contributed by atoms with Crippen molar-refractivity contribution >= 4 is 11.8 Å². The first kappa shape index (κ1) is 17.8. The fraction of sp³-hybridized carbons (Fsp3) is 0.818. The van der Waals surface area contributed by atoms with E-state index < -0.39 is 0 Å². The summed E-state index contributed by atoms with van der Waals surface area (Å²) in [5, 5.41) is 0. The number of nitrogens with one attached hydrogen (secondary N) is 2.